The van der Waals surface area contributed by atoms with Crippen LogP contribution in [0.1, 0.15) is 28.8 Å². The Morgan fingerprint density at radius 3 is 2.58 bits per heavy atom. The molecule has 2 aliphatic heterocycles. The third-order valence-electron chi connectivity index (χ3n) is 6.16. The van der Waals surface area contributed by atoms with Crippen molar-refractivity contribution in [1.82, 2.24) is 4.98 Å². The van der Waals surface area contributed by atoms with Crippen LogP contribution in [0.3, 0.4) is 0 Å². The number of carbonyl (C=O) groups excluding carboxylic acids is 3. The molecule has 2 aromatic carbocycles. The Kier molecular flexibility index (Phi) is 6.82. The van der Waals surface area contributed by atoms with Crippen LogP contribution < -0.4 is 14.5 Å². The number of fused-ring (bicyclic) bond motifs is 2. The fourth-order valence-corrected chi connectivity index (χ4v) is 7.14. The predicted octanol–water partition coefficient (Wildman–Crippen LogP) is 4.19. The molecular formula is C25H19F3N2O6S2. The normalized spacial score (nSPS) is 20.7. The Morgan fingerprint density at radius 1 is 1.08 bits per heavy atom. The molecule has 3 heterocycles. The number of nitrogens with zero attached hydrogens (tertiary/aromatic N) is 1. The zero-order chi connectivity index (χ0) is 27.2. The number of esters is 1. The number of hydrogen-bond acceptors (Lipinski definition) is 8. The van der Waals surface area contributed by atoms with E-state index in [1.54, 1.807) is 31.2 Å². The standard InChI is InChI=1S/C25H19F3N2O6S2/c1-2-35-16(31)11-36-15-9-4-3-8-14(15)17-18-20(37-21-19(17)38-24(34)29-21)23(33)30(22(18)32)13-7-5-6-12(10-13)25(26,27)28/h3-10,17-18,20H,2,11H2,1H3,(H,29,34)/t17-,18?,20?/m1/s1. The summed E-state index contributed by atoms with van der Waals surface area (Å²) in [7, 11) is 0. The first-order valence-corrected chi connectivity index (χ1v) is 13.1. The highest BCUT2D eigenvalue weighted by molar-refractivity contribution is 8.00. The molecule has 38 heavy (non-hydrogen) atoms. The maximum Gasteiger partial charge on any atom is 0.416 e. The molecule has 1 saturated heterocycles. The molecule has 13 heteroatoms. The summed E-state index contributed by atoms with van der Waals surface area (Å²) in [5.74, 6) is -3.59. The Morgan fingerprint density at radius 2 is 1.84 bits per heavy atom. The van der Waals surface area contributed by atoms with E-state index in [1.165, 1.54) is 6.07 Å². The third-order valence-corrected chi connectivity index (χ3v) is 8.56. The Hall–Kier alpha value is -3.58. The number of benzene rings is 2. The fourth-order valence-electron chi connectivity index (χ4n) is 4.64. The molecule has 0 spiro atoms. The first-order valence-electron chi connectivity index (χ1n) is 11.4. The number of H-pyrrole nitrogens is 1. The van der Waals surface area contributed by atoms with Gasteiger partial charge in [0.05, 0.1) is 28.8 Å². The van der Waals surface area contributed by atoms with Crippen LogP contribution in [-0.4, -0.2) is 41.2 Å². The highest BCUT2D eigenvalue weighted by Gasteiger charge is 2.57. The molecule has 0 aliphatic carbocycles. The van der Waals surface area contributed by atoms with Gasteiger partial charge >= 0.3 is 17.0 Å². The number of thiazole rings is 1. The van der Waals surface area contributed by atoms with E-state index in [2.05, 4.69) is 4.98 Å². The molecule has 0 bridgehead atoms. The van der Waals surface area contributed by atoms with Crippen LogP contribution in [0.25, 0.3) is 0 Å². The number of carbonyl (C=O) groups is 3. The van der Waals surface area contributed by atoms with Crippen molar-refractivity contribution in [1.29, 1.82) is 0 Å². The molecule has 2 amide bonds. The van der Waals surface area contributed by atoms with Gasteiger partial charge in [-0.25, -0.2) is 9.69 Å². The third kappa shape index (κ3) is 4.60. The maximum atomic E-state index is 13.8. The minimum absolute atomic E-state index is 0.163. The van der Waals surface area contributed by atoms with Crippen molar-refractivity contribution in [2.24, 2.45) is 5.92 Å². The van der Waals surface area contributed by atoms with Gasteiger partial charge in [-0.05, 0) is 31.2 Å². The minimum atomic E-state index is -4.66. The van der Waals surface area contributed by atoms with Crippen LogP contribution >= 0.6 is 23.1 Å². The molecule has 0 saturated carbocycles. The van der Waals surface area contributed by atoms with Gasteiger partial charge < -0.3 is 14.5 Å². The number of halogens is 3. The quantitative estimate of drug-likeness (QED) is 0.354. The smallest absolute Gasteiger partial charge is 0.416 e. The van der Waals surface area contributed by atoms with Crippen molar-refractivity contribution >= 4 is 46.6 Å². The molecule has 198 valence electrons. The second-order valence-electron chi connectivity index (χ2n) is 8.44. The van der Waals surface area contributed by atoms with Gasteiger partial charge in [0.2, 0.25) is 11.8 Å². The van der Waals surface area contributed by atoms with Crippen LogP contribution in [0, 0.1) is 5.92 Å². The number of imide groups is 1. The molecule has 2 aliphatic rings. The Labute approximate surface area is 221 Å². The first-order chi connectivity index (χ1) is 18.1. The van der Waals surface area contributed by atoms with Gasteiger partial charge in [0.15, 0.2) is 6.61 Å². The number of aromatic amines is 1. The molecule has 0 radical (unpaired) electrons. The average molecular weight is 565 g/mol. The fraction of sp³-hybridized carbons (Fsp3) is 0.280. The van der Waals surface area contributed by atoms with Crippen molar-refractivity contribution in [3.8, 4) is 5.75 Å². The van der Waals surface area contributed by atoms with E-state index in [4.69, 9.17) is 9.47 Å². The largest absolute Gasteiger partial charge is 0.482 e. The van der Waals surface area contributed by atoms with Crippen molar-refractivity contribution in [3.05, 3.63) is 74.2 Å². The van der Waals surface area contributed by atoms with E-state index in [0.29, 0.717) is 15.5 Å². The Bertz CT molecular complexity index is 1480. The van der Waals surface area contributed by atoms with Crippen molar-refractivity contribution in [2.45, 2.75) is 29.3 Å². The number of aromatic nitrogens is 1. The molecule has 1 aromatic heterocycles. The SMILES string of the molecule is CCOC(=O)COc1ccccc1[C@H]1c2sc(=O)[nH]c2SC2C(=O)N(c3cccc(C(F)(F)F)c3)C(=O)C21. The summed E-state index contributed by atoms with van der Waals surface area (Å²) in [4.78, 5) is 55.1. The van der Waals surface area contributed by atoms with Crippen molar-refractivity contribution in [3.63, 3.8) is 0 Å². The number of ether oxygens (including phenoxy) is 2. The molecule has 3 atom stereocenters. The van der Waals surface area contributed by atoms with Crippen LogP contribution in [0.15, 0.2) is 58.4 Å². The molecule has 1 fully saturated rings. The van der Waals surface area contributed by atoms with E-state index < -0.39 is 53.2 Å². The van der Waals surface area contributed by atoms with Crippen molar-refractivity contribution in [2.75, 3.05) is 18.1 Å². The maximum absolute atomic E-state index is 13.8. The number of hydrogen-bond donors (Lipinski definition) is 1. The second kappa shape index (κ2) is 9.95. The summed E-state index contributed by atoms with van der Waals surface area (Å²) in [6, 6.07) is 10.6. The average Bonchev–Trinajstić information content (AvgIpc) is 3.37. The van der Waals surface area contributed by atoms with Crippen LogP contribution in [-0.2, 0) is 25.3 Å². The van der Waals surface area contributed by atoms with E-state index in [-0.39, 0.29) is 22.9 Å². The number of alkyl halides is 3. The second-order valence-corrected chi connectivity index (χ2v) is 10.6. The van der Waals surface area contributed by atoms with Gasteiger partial charge in [0, 0.05) is 16.4 Å². The molecular weight excluding hydrogens is 545 g/mol. The molecule has 8 nitrogen and oxygen atoms in total. The summed E-state index contributed by atoms with van der Waals surface area (Å²) in [5, 5.41) is -0.601. The molecule has 3 aromatic rings. The Balaban J connectivity index is 1.58. The number of rotatable bonds is 6. The predicted molar refractivity (Wildman–Crippen MR) is 132 cm³/mol. The van der Waals surface area contributed by atoms with Gasteiger partial charge in [-0.1, -0.05) is 47.4 Å². The van der Waals surface area contributed by atoms with Gasteiger partial charge in [0.1, 0.15) is 11.0 Å². The molecule has 5 rings (SSSR count). The lowest BCUT2D eigenvalue weighted by molar-refractivity contribution is -0.145. The van der Waals surface area contributed by atoms with Gasteiger partial charge in [-0.2, -0.15) is 13.2 Å². The lowest BCUT2D eigenvalue weighted by atomic mass is 9.82. The lowest BCUT2D eigenvalue weighted by Crippen LogP contribution is -2.32. The van der Waals surface area contributed by atoms with E-state index in [1.807, 2.05) is 0 Å². The molecule has 1 N–H and O–H groups in total. The summed E-state index contributed by atoms with van der Waals surface area (Å²) < 4.78 is 50.7. The highest BCUT2D eigenvalue weighted by atomic mass is 32.2. The number of amides is 2. The van der Waals surface area contributed by atoms with Crippen molar-refractivity contribution < 1.29 is 37.0 Å². The topological polar surface area (TPSA) is 106 Å². The molecule has 2 unspecified atom stereocenters. The zero-order valence-corrected chi connectivity index (χ0v) is 21.2. The number of thioether (sulfide) groups is 1. The van der Waals surface area contributed by atoms with Crippen LogP contribution in [0.4, 0.5) is 18.9 Å². The van der Waals surface area contributed by atoms with Crippen LogP contribution in [0.5, 0.6) is 5.75 Å². The number of nitrogens with one attached hydrogen (secondary N) is 1. The monoisotopic (exact) mass is 564 g/mol. The summed E-state index contributed by atoms with van der Waals surface area (Å²) in [5.41, 5.74) is -0.723. The zero-order valence-electron chi connectivity index (χ0n) is 19.6. The summed E-state index contributed by atoms with van der Waals surface area (Å²) >= 11 is 1.88. The van der Waals surface area contributed by atoms with E-state index in [0.717, 1.165) is 46.2 Å². The number of para-hydroxylation sites is 1. The van der Waals surface area contributed by atoms with Gasteiger partial charge in [0.25, 0.3) is 0 Å². The number of anilines is 1. The van der Waals surface area contributed by atoms with Crippen LogP contribution in [0.2, 0.25) is 0 Å². The van der Waals surface area contributed by atoms with Gasteiger partial charge in [-0.3, -0.25) is 14.4 Å². The summed E-state index contributed by atoms with van der Waals surface area (Å²) in [6.45, 7) is 1.41. The summed E-state index contributed by atoms with van der Waals surface area (Å²) in [6.07, 6.45) is -4.66. The highest BCUT2D eigenvalue weighted by Crippen LogP contribution is 2.54. The minimum Gasteiger partial charge on any atom is -0.482 e. The lowest BCUT2D eigenvalue weighted by Gasteiger charge is -2.30. The van der Waals surface area contributed by atoms with Gasteiger partial charge in [-0.15, -0.1) is 0 Å². The van der Waals surface area contributed by atoms with E-state index >= 15 is 0 Å². The first kappa shape index (κ1) is 26.0. The van der Waals surface area contributed by atoms with E-state index in [9.17, 15) is 32.3 Å².